The Bertz CT molecular complexity index is 1210. The van der Waals surface area contributed by atoms with Crippen molar-refractivity contribution in [3.8, 4) is 5.75 Å². The highest BCUT2D eigenvalue weighted by Gasteiger charge is 2.07. The Kier molecular flexibility index (Phi) is 5.61. The van der Waals surface area contributed by atoms with Gasteiger partial charge in [-0.3, -0.25) is 0 Å². The second kappa shape index (κ2) is 8.66. The van der Waals surface area contributed by atoms with E-state index in [2.05, 4.69) is 4.98 Å². The molecule has 5 heteroatoms. The maximum atomic E-state index is 13.6. The summed E-state index contributed by atoms with van der Waals surface area (Å²) >= 11 is 0. The molecule has 4 nitrogen and oxygen atoms in total. The second-order valence-electron chi connectivity index (χ2n) is 6.99. The van der Waals surface area contributed by atoms with Gasteiger partial charge in [-0.1, -0.05) is 42.5 Å². The van der Waals surface area contributed by atoms with Crippen LogP contribution in [0.25, 0.3) is 17.0 Å². The number of nitrogens with one attached hydrogen (secondary N) is 1. The van der Waals surface area contributed by atoms with Crippen LogP contribution in [0.5, 0.6) is 5.75 Å². The predicted molar refractivity (Wildman–Crippen MR) is 112 cm³/mol. The number of H-pyrrole nitrogens is 1. The number of carbonyl (C=O) groups excluding carboxylic acids is 1. The minimum absolute atomic E-state index is 0.423. The number of carboxylic acid groups (broad SMARTS) is 1. The molecule has 0 radical (unpaired) electrons. The molecule has 0 saturated heterocycles. The highest BCUT2D eigenvalue weighted by atomic mass is 19.1. The fourth-order valence-electron chi connectivity index (χ4n) is 3.34. The predicted octanol–water partition coefficient (Wildman–Crippen LogP) is 4.24. The van der Waals surface area contributed by atoms with E-state index < -0.39 is 11.8 Å². The number of halogens is 1. The summed E-state index contributed by atoms with van der Waals surface area (Å²) in [5.41, 5.74) is 4.30. The molecule has 150 valence electrons. The maximum absolute atomic E-state index is 13.6. The van der Waals surface area contributed by atoms with Crippen molar-refractivity contribution >= 4 is 22.9 Å². The van der Waals surface area contributed by atoms with Crippen molar-refractivity contribution in [3.63, 3.8) is 0 Å². The first kappa shape index (κ1) is 19.5. The normalized spacial score (nSPS) is 11.2. The fourth-order valence-corrected chi connectivity index (χ4v) is 3.34. The number of rotatable bonds is 7. The summed E-state index contributed by atoms with van der Waals surface area (Å²) in [5, 5.41) is 11.7. The van der Waals surface area contributed by atoms with E-state index in [4.69, 9.17) is 4.74 Å². The van der Waals surface area contributed by atoms with Crippen LogP contribution in [0.4, 0.5) is 4.39 Å². The number of carbonyl (C=O) groups is 1. The minimum Gasteiger partial charge on any atom is -0.545 e. The number of hydrogen-bond acceptors (Lipinski definition) is 3. The lowest BCUT2D eigenvalue weighted by molar-refractivity contribution is -0.297. The van der Waals surface area contributed by atoms with Gasteiger partial charge in [0.25, 0.3) is 0 Å². The zero-order valence-corrected chi connectivity index (χ0v) is 16.1. The van der Waals surface area contributed by atoms with Crippen molar-refractivity contribution in [2.75, 3.05) is 0 Å². The van der Waals surface area contributed by atoms with E-state index in [-0.39, 0.29) is 0 Å². The summed E-state index contributed by atoms with van der Waals surface area (Å²) in [5.74, 6) is -0.969. The molecule has 0 amide bonds. The lowest BCUT2D eigenvalue weighted by Crippen LogP contribution is -2.18. The first-order valence-corrected chi connectivity index (χ1v) is 9.53. The number of fused-ring (bicyclic) bond motifs is 1. The summed E-state index contributed by atoms with van der Waals surface area (Å²) < 4.78 is 19.5. The van der Waals surface area contributed by atoms with E-state index in [1.54, 1.807) is 6.07 Å². The van der Waals surface area contributed by atoms with Crippen molar-refractivity contribution < 1.29 is 19.0 Å². The van der Waals surface area contributed by atoms with E-state index >= 15 is 0 Å². The SMILES string of the molecule is O=C([O-])/C=C/c1cc(F)ccc1Cc1cc2cc(OCc3ccccc3)ccc2[nH]1. The molecule has 0 bridgehead atoms. The molecule has 0 spiro atoms. The molecule has 1 heterocycles. The van der Waals surface area contributed by atoms with Gasteiger partial charge in [0.15, 0.2) is 0 Å². The third-order valence-electron chi connectivity index (χ3n) is 4.78. The van der Waals surface area contributed by atoms with Crippen LogP contribution in [-0.4, -0.2) is 11.0 Å². The molecule has 0 aliphatic carbocycles. The molecule has 0 aliphatic rings. The molecule has 1 N–H and O–H groups in total. The van der Waals surface area contributed by atoms with E-state index in [1.165, 1.54) is 18.2 Å². The number of aromatic nitrogens is 1. The van der Waals surface area contributed by atoms with Crippen molar-refractivity contribution in [3.05, 3.63) is 107 Å². The largest absolute Gasteiger partial charge is 0.545 e. The van der Waals surface area contributed by atoms with Crippen molar-refractivity contribution in [1.29, 1.82) is 0 Å². The Morgan fingerprint density at radius 3 is 2.67 bits per heavy atom. The molecular weight excluding hydrogens is 381 g/mol. The Hall–Kier alpha value is -3.86. The van der Waals surface area contributed by atoms with Gasteiger partial charge in [-0.05, 0) is 59.2 Å². The van der Waals surface area contributed by atoms with E-state index in [1.807, 2.05) is 54.6 Å². The van der Waals surface area contributed by atoms with Gasteiger partial charge in [0.1, 0.15) is 18.2 Å². The van der Waals surface area contributed by atoms with Crippen LogP contribution < -0.4 is 9.84 Å². The zero-order valence-electron chi connectivity index (χ0n) is 16.1. The fraction of sp³-hybridized carbons (Fsp3) is 0.0800. The second-order valence-corrected chi connectivity index (χ2v) is 6.99. The van der Waals surface area contributed by atoms with Gasteiger partial charge in [0.2, 0.25) is 0 Å². The van der Waals surface area contributed by atoms with Crippen molar-refractivity contribution in [2.45, 2.75) is 13.0 Å². The molecule has 4 aromatic rings. The molecule has 0 fully saturated rings. The first-order chi connectivity index (χ1) is 14.6. The standard InChI is InChI=1S/C25H20FNO3/c26-21-8-6-19(18(12-21)7-11-25(28)29)13-22-14-20-15-23(9-10-24(20)27-22)30-16-17-4-2-1-3-5-17/h1-12,14-15,27H,13,16H2,(H,28,29)/p-1/b11-7+. The monoisotopic (exact) mass is 400 g/mol. The Morgan fingerprint density at radius 2 is 1.87 bits per heavy atom. The summed E-state index contributed by atoms with van der Waals surface area (Å²) in [6, 6.07) is 22.2. The van der Waals surface area contributed by atoms with Gasteiger partial charge in [-0.25, -0.2) is 4.39 Å². The van der Waals surface area contributed by atoms with Gasteiger partial charge in [0.05, 0.1) is 5.97 Å². The molecule has 0 unspecified atom stereocenters. The minimum atomic E-state index is -1.32. The summed E-state index contributed by atoms with van der Waals surface area (Å²) in [6.07, 6.45) is 2.76. The van der Waals surface area contributed by atoms with Gasteiger partial charge >= 0.3 is 0 Å². The third-order valence-corrected chi connectivity index (χ3v) is 4.78. The Balaban J connectivity index is 1.54. The Labute approximate surface area is 173 Å². The average molecular weight is 400 g/mol. The molecule has 0 aliphatic heterocycles. The molecule has 30 heavy (non-hydrogen) atoms. The van der Waals surface area contributed by atoms with Crippen LogP contribution in [0.15, 0.2) is 78.9 Å². The number of aliphatic carboxylic acids is 1. The van der Waals surface area contributed by atoms with Crippen molar-refractivity contribution in [1.82, 2.24) is 4.98 Å². The van der Waals surface area contributed by atoms with Crippen LogP contribution in [0.2, 0.25) is 0 Å². The summed E-state index contributed by atoms with van der Waals surface area (Å²) in [7, 11) is 0. The molecular formula is C25H19FNO3-. The van der Waals surface area contributed by atoms with E-state index in [0.717, 1.165) is 39.5 Å². The molecule has 4 rings (SSSR count). The number of aromatic amines is 1. The quantitative estimate of drug-likeness (QED) is 0.472. The first-order valence-electron chi connectivity index (χ1n) is 9.53. The number of ether oxygens (including phenoxy) is 1. The van der Waals surface area contributed by atoms with Crippen LogP contribution >= 0.6 is 0 Å². The van der Waals surface area contributed by atoms with Crippen molar-refractivity contribution in [2.24, 2.45) is 0 Å². The molecule has 0 atom stereocenters. The van der Waals surface area contributed by atoms with E-state index in [9.17, 15) is 14.3 Å². The Morgan fingerprint density at radius 1 is 1.03 bits per heavy atom. The summed E-state index contributed by atoms with van der Waals surface area (Å²) in [6.45, 7) is 0.493. The molecule has 3 aromatic carbocycles. The van der Waals surface area contributed by atoms with Gasteiger partial charge < -0.3 is 19.6 Å². The van der Waals surface area contributed by atoms with Crippen LogP contribution in [0.1, 0.15) is 22.4 Å². The van der Waals surface area contributed by atoms with Crippen LogP contribution in [-0.2, 0) is 17.8 Å². The van der Waals surface area contributed by atoms with Gasteiger partial charge in [-0.15, -0.1) is 0 Å². The number of hydrogen-bond donors (Lipinski definition) is 1. The van der Waals surface area contributed by atoms with Gasteiger partial charge in [0, 0.05) is 23.0 Å². The highest BCUT2D eigenvalue weighted by molar-refractivity contribution is 5.84. The third kappa shape index (κ3) is 4.75. The summed E-state index contributed by atoms with van der Waals surface area (Å²) in [4.78, 5) is 14.1. The lowest BCUT2D eigenvalue weighted by atomic mass is 10.0. The molecule has 0 saturated carbocycles. The zero-order chi connectivity index (χ0) is 20.9. The van der Waals surface area contributed by atoms with Gasteiger partial charge in [-0.2, -0.15) is 0 Å². The lowest BCUT2D eigenvalue weighted by Gasteiger charge is -2.06. The smallest absolute Gasteiger partial charge is 0.123 e. The van der Waals surface area contributed by atoms with Crippen LogP contribution in [0, 0.1) is 5.82 Å². The van der Waals surface area contributed by atoms with E-state index in [0.29, 0.717) is 18.6 Å². The van der Waals surface area contributed by atoms with Crippen LogP contribution in [0.3, 0.4) is 0 Å². The highest BCUT2D eigenvalue weighted by Crippen LogP contribution is 2.25. The maximum Gasteiger partial charge on any atom is 0.123 e. The molecule has 1 aromatic heterocycles. The number of carboxylic acids is 1. The topological polar surface area (TPSA) is 65.2 Å². The number of benzene rings is 3. The average Bonchev–Trinajstić information content (AvgIpc) is 3.14.